The second-order valence-electron chi connectivity index (χ2n) is 9.01. The molecule has 4 aromatic rings. The summed E-state index contributed by atoms with van der Waals surface area (Å²) in [7, 11) is 1.71. The van der Waals surface area contributed by atoms with Gasteiger partial charge in [-0.2, -0.15) is 4.98 Å². The predicted molar refractivity (Wildman–Crippen MR) is 148 cm³/mol. The number of hydrogen-bond donors (Lipinski definition) is 2. The van der Waals surface area contributed by atoms with Crippen molar-refractivity contribution in [3.63, 3.8) is 0 Å². The number of hydrogen-bond acceptors (Lipinski definition) is 7. The fourth-order valence-electron chi connectivity index (χ4n) is 4.62. The minimum absolute atomic E-state index is 0.808. The number of nitrogens with one attached hydrogen (secondary N) is 2. The van der Waals surface area contributed by atoms with Gasteiger partial charge in [0.15, 0.2) is 0 Å². The number of piperazine rings is 1. The largest absolute Gasteiger partial charge is 0.495 e. The Balaban J connectivity index is 1.18. The van der Waals surface area contributed by atoms with Crippen molar-refractivity contribution in [3.8, 4) is 5.75 Å². The topological polar surface area (TPSA) is 65.6 Å². The second kappa shape index (κ2) is 11.7. The number of ether oxygens (including phenoxy) is 1. The predicted octanol–water partition coefficient (Wildman–Crippen LogP) is 4.53. The van der Waals surface area contributed by atoms with Gasteiger partial charge in [-0.1, -0.05) is 54.6 Å². The van der Waals surface area contributed by atoms with Crippen LogP contribution in [0.5, 0.6) is 5.75 Å². The van der Waals surface area contributed by atoms with E-state index in [2.05, 4.69) is 69.0 Å². The molecule has 1 aromatic heterocycles. The maximum Gasteiger partial charge on any atom is 0.227 e. The Morgan fingerprint density at radius 3 is 2.36 bits per heavy atom. The van der Waals surface area contributed by atoms with Gasteiger partial charge in [0.05, 0.1) is 18.3 Å². The Bertz CT molecular complexity index is 1260. The zero-order chi connectivity index (χ0) is 24.6. The SMILES string of the molecule is COc1ccccc1NCCN1CCN(c2nc(NCCc3ccccc3)c3ccccc3n2)CC1. The van der Waals surface area contributed by atoms with Crippen LogP contribution in [-0.2, 0) is 6.42 Å². The molecule has 1 fully saturated rings. The summed E-state index contributed by atoms with van der Waals surface area (Å²) >= 11 is 0. The molecule has 1 saturated heterocycles. The zero-order valence-electron chi connectivity index (χ0n) is 20.9. The van der Waals surface area contributed by atoms with Crippen LogP contribution in [0.3, 0.4) is 0 Å². The van der Waals surface area contributed by atoms with Gasteiger partial charge in [-0.15, -0.1) is 0 Å². The molecule has 2 heterocycles. The molecule has 0 amide bonds. The van der Waals surface area contributed by atoms with E-state index < -0.39 is 0 Å². The first-order chi connectivity index (χ1) is 17.8. The lowest BCUT2D eigenvalue weighted by molar-refractivity contribution is 0.266. The van der Waals surface area contributed by atoms with Crippen molar-refractivity contribution in [3.05, 3.63) is 84.4 Å². The lowest BCUT2D eigenvalue weighted by Crippen LogP contribution is -2.48. The minimum atomic E-state index is 0.808. The van der Waals surface area contributed by atoms with E-state index in [4.69, 9.17) is 14.7 Å². The Kier molecular flexibility index (Phi) is 7.78. The van der Waals surface area contributed by atoms with Crippen LogP contribution in [0.25, 0.3) is 10.9 Å². The molecular formula is C29H34N6O. The number of para-hydroxylation sites is 3. The van der Waals surface area contributed by atoms with Gasteiger partial charge in [0.1, 0.15) is 11.6 Å². The summed E-state index contributed by atoms with van der Waals surface area (Å²) in [6.45, 7) is 6.49. The smallest absolute Gasteiger partial charge is 0.227 e. The summed E-state index contributed by atoms with van der Waals surface area (Å²) in [4.78, 5) is 14.7. The quantitative estimate of drug-likeness (QED) is 0.344. The summed E-state index contributed by atoms with van der Waals surface area (Å²) in [5.74, 6) is 2.60. The Labute approximate surface area is 213 Å². The highest BCUT2D eigenvalue weighted by atomic mass is 16.5. The first-order valence-electron chi connectivity index (χ1n) is 12.7. The highest BCUT2D eigenvalue weighted by Gasteiger charge is 2.20. The highest BCUT2D eigenvalue weighted by molar-refractivity contribution is 5.90. The summed E-state index contributed by atoms with van der Waals surface area (Å²) in [5.41, 5.74) is 3.34. The monoisotopic (exact) mass is 482 g/mol. The zero-order valence-corrected chi connectivity index (χ0v) is 20.9. The summed E-state index contributed by atoms with van der Waals surface area (Å²) in [5, 5.41) is 8.14. The molecule has 7 nitrogen and oxygen atoms in total. The van der Waals surface area contributed by atoms with Gasteiger partial charge in [-0.25, -0.2) is 4.98 Å². The minimum Gasteiger partial charge on any atom is -0.495 e. The van der Waals surface area contributed by atoms with Crippen LogP contribution in [0.1, 0.15) is 5.56 Å². The molecule has 3 aromatic carbocycles. The Morgan fingerprint density at radius 2 is 1.53 bits per heavy atom. The van der Waals surface area contributed by atoms with Crippen molar-refractivity contribution in [2.75, 3.05) is 68.5 Å². The third kappa shape index (κ3) is 5.86. The third-order valence-corrected chi connectivity index (χ3v) is 6.65. The average molecular weight is 483 g/mol. The summed E-state index contributed by atoms with van der Waals surface area (Å²) in [6, 6.07) is 26.9. The molecule has 0 saturated carbocycles. The van der Waals surface area contributed by atoms with Crippen molar-refractivity contribution >= 4 is 28.4 Å². The number of nitrogens with zero attached hydrogens (tertiary/aromatic N) is 4. The van der Waals surface area contributed by atoms with Crippen molar-refractivity contribution < 1.29 is 4.74 Å². The van der Waals surface area contributed by atoms with Gasteiger partial charge in [0.2, 0.25) is 5.95 Å². The van der Waals surface area contributed by atoms with E-state index in [1.54, 1.807) is 7.11 Å². The number of anilines is 3. The lowest BCUT2D eigenvalue weighted by atomic mass is 10.1. The molecule has 36 heavy (non-hydrogen) atoms. The van der Waals surface area contributed by atoms with Crippen LogP contribution in [0.4, 0.5) is 17.5 Å². The molecule has 0 radical (unpaired) electrons. The molecule has 0 atom stereocenters. The molecule has 0 aliphatic carbocycles. The van der Waals surface area contributed by atoms with E-state index in [1.165, 1.54) is 5.56 Å². The van der Waals surface area contributed by atoms with Gasteiger partial charge in [-0.05, 0) is 36.2 Å². The van der Waals surface area contributed by atoms with Gasteiger partial charge >= 0.3 is 0 Å². The van der Waals surface area contributed by atoms with Crippen LogP contribution < -0.4 is 20.3 Å². The first-order valence-corrected chi connectivity index (χ1v) is 12.7. The maximum atomic E-state index is 5.44. The van der Waals surface area contributed by atoms with Crippen molar-refractivity contribution in [2.45, 2.75) is 6.42 Å². The average Bonchev–Trinajstić information content (AvgIpc) is 2.94. The van der Waals surface area contributed by atoms with E-state index in [-0.39, 0.29) is 0 Å². The first kappa shape index (κ1) is 23.9. The normalized spacial score (nSPS) is 14.1. The van der Waals surface area contributed by atoms with E-state index >= 15 is 0 Å². The molecular weight excluding hydrogens is 448 g/mol. The van der Waals surface area contributed by atoms with Crippen LogP contribution >= 0.6 is 0 Å². The van der Waals surface area contributed by atoms with Gasteiger partial charge in [0, 0.05) is 51.2 Å². The van der Waals surface area contributed by atoms with Crippen LogP contribution in [-0.4, -0.2) is 67.8 Å². The van der Waals surface area contributed by atoms with Gasteiger partial charge in [-0.3, -0.25) is 4.90 Å². The molecule has 0 spiro atoms. The van der Waals surface area contributed by atoms with Crippen LogP contribution in [0.15, 0.2) is 78.9 Å². The molecule has 1 aliphatic heterocycles. The Hall–Kier alpha value is -3.84. The van der Waals surface area contributed by atoms with Gasteiger partial charge < -0.3 is 20.3 Å². The van der Waals surface area contributed by atoms with Crippen LogP contribution in [0, 0.1) is 0 Å². The number of rotatable bonds is 10. The van der Waals surface area contributed by atoms with E-state index in [0.29, 0.717) is 0 Å². The number of benzene rings is 3. The number of aromatic nitrogens is 2. The fourth-order valence-corrected chi connectivity index (χ4v) is 4.62. The highest BCUT2D eigenvalue weighted by Crippen LogP contribution is 2.25. The lowest BCUT2D eigenvalue weighted by Gasteiger charge is -2.35. The standard InChI is InChI=1S/C29H34N6O/c1-36-27-14-8-7-13-26(27)30-17-18-34-19-21-35(22-20-34)29-32-25-12-6-5-11-24(25)28(33-29)31-16-15-23-9-3-2-4-10-23/h2-14,30H,15-22H2,1H3,(H,31,32,33). The molecule has 0 bridgehead atoms. The molecule has 1 aliphatic rings. The maximum absolute atomic E-state index is 5.44. The van der Waals surface area contributed by atoms with E-state index in [9.17, 15) is 0 Å². The van der Waals surface area contributed by atoms with Crippen molar-refractivity contribution in [1.29, 1.82) is 0 Å². The van der Waals surface area contributed by atoms with E-state index in [1.807, 2.05) is 30.3 Å². The van der Waals surface area contributed by atoms with Gasteiger partial charge in [0.25, 0.3) is 0 Å². The second-order valence-corrected chi connectivity index (χ2v) is 9.01. The van der Waals surface area contributed by atoms with Crippen LogP contribution in [0.2, 0.25) is 0 Å². The molecule has 0 unspecified atom stereocenters. The van der Waals surface area contributed by atoms with E-state index in [0.717, 1.165) is 86.3 Å². The summed E-state index contributed by atoms with van der Waals surface area (Å²) < 4.78 is 5.44. The number of fused-ring (bicyclic) bond motifs is 1. The van der Waals surface area contributed by atoms with Crippen molar-refractivity contribution in [1.82, 2.24) is 14.9 Å². The molecule has 2 N–H and O–H groups in total. The fraction of sp³-hybridized carbons (Fsp3) is 0.310. The molecule has 5 rings (SSSR count). The third-order valence-electron chi connectivity index (χ3n) is 6.65. The molecule has 186 valence electrons. The molecule has 7 heteroatoms. The number of methoxy groups -OCH3 is 1. The summed E-state index contributed by atoms with van der Waals surface area (Å²) in [6.07, 6.45) is 0.954. The van der Waals surface area contributed by atoms with Crippen molar-refractivity contribution in [2.24, 2.45) is 0 Å². The Morgan fingerprint density at radius 1 is 0.778 bits per heavy atom.